The highest BCUT2D eigenvalue weighted by molar-refractivity contribution is 5.70. The van der Waals surface area contributed by atoms with E-state index in [-0.39, 0.29) is 19.4 Å². The van der Waals surface area contributed by atoms with Crippen molar-refractivity contribution in [1.29, 1.82) is 0 Å². The molecule has 2 aliphatic rings. The van der Waals surface area contributed by atoms with Crippen molar-refractivity contribution in [1.82, 2.24) is 0 Å². The van der Waals surface area contributed by atoms with Crippen LogP contribution in [-0.4, -0.2) is 142 Å². The molecule has 68 heavy (non-hydrogen) atoms. The molecule has 2 saturated heterocycles. The van der Waals surface area contributed by atoms with Crippen molar-refractivity contribution in [3.8, 4) is 0 Å². The van der Waals surface area contributed by atoms with E-state index in [1.165, 1.54) is 103 Å². The van der Waals surface area contributed by atoms with Gasteiger partial charge >= 0.3 is 11.9 Å². The molecule has 4 unspecified atom stereocenters. The highest BCUT2D eigenvalue weighted by atomic mass is 16.7. The van der Waals surface area contributed by atoms with Crippen molar-refractivity contribution in [2.45, 2.75) is 248 Å². The molecular formula is C53H92O15. The standard InChI is InChI=1S/C53H92O15/c1-3-5-7-9-11-13-15-17-19-20-22-24-26-28-30-32-34-36-45(56)66-41(38-63-44(55)35-33-31-29-27-25-23-21-18-16-14-12-10-8-6-4-2)39-64-52-51(62)49(60)47(58)43(68-52)40-65-53-50(61)48(59)46(57)42(37-54)67-53/h17,19,22,24,28-31,41-43,46-54,57-62H,3-16,18,20-21,23,25-27,32-40H2,1-2H3/b19-17+,24-22+,30-28+,31-29+/t41-,42+,43+,46-,47-,48?,49?,50?,51?,52+,53+/m1/s1. The summed E-state index contributed by atoms with van der Waals surface area (Å²) in [6.07, 6.45) is 27.3. The van der Waals surface area contributed by atoms with E-state index in [4.69, 9.17) is 28.4 Å². The van der Waals surface area contributed by atoms with Crippen LogP contribution in [0.1, 0.15) is 181 Å². The maximum Gasteiger partial charge on any atom is 0.306 e. The lowest BCUT2D eigenvalue weighted by molar-refractivity contribution is -0.332. The molecule has 0 radical (unpaired) electrons. The van der Waals surface area contributed by atoms with Crippen molar-refractivity contribution in [2.75, 3.05) is 26.4 Å². The average Bonchev–Trinajstić information content (AvgIpc) is 3.33. The lowest BCUT2D eigenvalue weighted by Crippen LogP contribution is -2.61. The van der Waals surface area contributed by atoms with E-state index in [1.54, 1.807) is 0 Å². The van der Waals surface area contributed by atoms with Gasteiger partial charge in [-0.15, -0.1) is 0 Å². The Bertz CT molecular complexity index is 1370. The quantitative estimate of drug-likeness (QED) is 0.0179. The summed E-state index contributed by atoms with van der Waals surface area (Å²) in [6.45, 7) is 2.49. The summed E-state index contributed by atoms with van der Waals surface area (Å²) in [5.41, 5.74) is 0. The molecule has 0 spiro atoms. The van der Waals surface area contributed by atoms with Gasteiger partial charge in [0, 0.05) is 12.8 Å². The van der Waals surface area contributed by atoms with Crippen LogP contribution in [0.3, 0.4) is 0 Å². The maximum atomic E-state index is 13.0. The van der Waals surface area contributed by atoms with Crippen molar-refractivity contribution >= 4 is 11.9 Å². The molecule has 2 heterocycles. The zero-order chi connectivity index (χ0) is 49.6. The number of ether oxygens (including phenoxy) is 6. The average molecular weight is 969 g/mol. The maximum absolute atomic E-state index is 13.0. The van der Waals surface area contributed by atoms with Crippen LogP contribution in [0.2, 0.25) is 0 Å². The third kappa shape index (κ3) is 27.7. The number of aliphatic hydroxyl groups excluding tert-OH is 7. The number of rotatable bonds is 40. The SMILES string of the molecule is CCCCCCCC/C=C/C/C=C/C/C=C/CCCC(=O)O[C@H](COC(=O)CC/C=C/CCCCCCCCCCCCC)CO[C@H]1O[C@@H](CO[C@H]2O[C@@H](CO)[C@@H](O)C(O)C2O)[C@@H](O)C(O)C1O. The number of carbonyl (C=O) groups excluding carboxylic acids is 2. The Kier molecular flexibility index (Phi) is 36.3. The van der Waals surface area contributed by atoms with Gasteiger partial charge in [0.2, 0.25) is 0 Å². The predicted octanol–water partition coefficient (Wildman–Crippen LogP) is 7.49. The van der Waals surface area contributed by atoms with E-state index in [0.717, 1.165) is 32.1 Å². The monoisotopic (exact) mass is 969 g/mol. The van der Waals surface area contributed by atoms with Crippen molar-refractivity contribution in [3.63, 3.8) is 0 Å². The van der Waals surface area contributed by atoms with Crippen molar-refractivity contribution in [2.24, 2.45) is 0 Å². The fraction of sp³-hybridized carbons (Fsp3) is 0.811. The number of allylic oxidation sites excluding steroid dienone is 8. The third-order valence-electron chi connectivity index (χ3n) is 12.3. The number of carbonyl (C=O) groups is 2. The minimum Gasteiger partial charge on any atom is -0.462 e. The molecule has 2 fully saturated rings. The first kappa shape index (κ1) is 61.6. The Morgan fingerprint density at radius 2 is 0.912 bits per heavy atom. The second kappa shape index (κ2) is 40.1. The molecule has 2 aliphatic heterocycles. The van der Waals surface area contributed by atoms with Gasteiger partial charge in [-0.1, -0.05) is 159 Å². The molecular weight excluding hydrogens is 877 g/mol. The normalized spacial score (nSPS) is 26.1. The Balaban J connectivity index is 1.84. The summed E-state index contributed by atoms with van der Waals surface area (Å²) in [6, 6.07) is 0. The van der Waals surface area contributed by atoms with Gasteiger partial charge in [0.05, 0.1) is 19.8 Å². The summed E-state index contributed by atoms with van der Waals surface area (Å²) in [7, 11) is 0. The molecule has 0 aromatic carbocycles. The lowest BCUT2D eigenvalue weighted by atomic mass is 9.98. The van der Waals surface area contributed by atoms with Crippen LogP contribution >= 0.6 is 0 Å². The van der Waals surface area contributed by atoms with Crippen LogP contribution in [0.5, 0.6) is 0 Å². The van der Waals surface area contributed by atoms with E-state index >= 15 is 0 Å². The van der Waals surface area contributed by atoms with Crippen LogP contribution in [0, 0.1) is 0 Å². The van der Waals surface area contributed by atoms with E-state index in [2.05, 4.69) is 50.3 Å². The molecule has 0 saturated carbocycles. The van der Waals surface area contributed by atoms with Gasteiger partial charge in [0.25, 0.3) is 0 Å². The summed E-state index contributed by atoms with van der Waals surface area (Å²) >= 11 is 0. The summed E-state index contributed by atoms with van der Waals surface area (Å²) < 4.78 is 33.5. The van der Waals surface area contributed by atoms with Crippen LogP contribution in [-0.2, 0) is 38.0 Å². The molecule has 15 nitrogen and oxygen atoms in total. The number of hydrogen-bond donors (Lipinski definition) is 7. The minimum atomic E-state index is -1.78. The van der Waals surface area contributed by atoms with Crippen LogP contribution in [0.25, 0.3) is 0 Å². The molecule has 7 N–H and O–H groups in total. The molecule has 0 aromatic rings. The fourth-order valence-electron chi connectivity index (χ4n) is 7.96. The first-order chi connectivity index (χ1) is 33.0. The topological polar surface area (TPSA) is 231 Å². The molecule has 394 valence electrons. The first-order valence-corrected chi connectivity index (χ1v) is 26.2. The van der Waals surface area contributed by atoms with Gasteiger partial charge in [-0.25, -0.2) is 0 Å². The zero-order valence-electron chi connectivity index (χ0n) is 41.6. The van der Waals surface area contributed by atoms with E-state index in [0.29, 0.717) is 19.3 Å². The highest BCUT2D eigenvalue weighted by Crippen LogP contribution is 2.26. The molecule has 0 bridgehead atoms. The lowest BCUT2D eigenvalue weighted by Gasteiger charge is -2.42. The van der Waals surface area contributed by atoms with Crippen LogP contribution in [0.15, 0.2) is 48.6 Å². The zero-order valence-corrected chi connectivity index (χ0v) is 41.6. The summed E-state index contributed by atoms with van der Waals surface area (Å²) in [5.74, 6) is -1.04. The molecule has 2 rings (SSSR count). The van der Waals surface area contributed by atoms with E-state index < -0.39 is 99.3 Å². The van der Waals surface area contributed by atoms with Gasteiger partial charge in [-0.3, -0.25) is 9.59 Å². The van der Waals surface area contributed by atoms with E-state index in [9.17, 15) is 45.3 Å². The Labute approximate surface area is 408 Å². The molecule has 0 aromatic heterocycles. The summed E-state index contributed by atoms with van der Waals surface area (Å²) in [5, 5.41) is 72.1. The molecule has 15 heteroatoms. The van der Waals surface area contributed by atoms with Crippen LogP contribution in [0.4, 0.5) is 0 Å². The minimum absolute atomic E-state index is 0.0861. The summed E-state index contributed by atoms with van der Waals surface area (Å²) in [4.78, 5) is 25.7. The highest BCUT2D eigenvalue weighted by Gasteiger charge is 2.47. The fourth-order valence-corrected chi connectivity index (χ4v) is 7.96. The molecule has 0 amide bonds. The Hall–Kier alpha value is -2.54. The van der Waals surface area contributed by atoms with Gasteiger partial charge in [0.1, 0.15) is 55.4 Å². The predicted molar refractivity (Wildman–Crippen MR) is 261 cm³/mol. The second-order valence-corrected chi connectivity index (χ2v) is 18.3. The van der Waals surface area contributed by atoms with E-state index in [1.807, 2.05) is 12.2 Å². The van der Waals surface area contributed by atoms with Gasteiger partial charge < -0.3 is 64.2 Å². The number of esters is 2. The third-order valence-corrected chi connectivity index (χ3v) is 12.3. The first-order valence-electron chi connectivity index (χ1n) is 26.2. The molecule has 0 aliphatic carbocycles. The van der Waals surface area contributed by atoms with Crippen molar-refractivity contribution in [3.05, 3.63) is 48.6 Å². The number of hydrogen-bond acceptors (Lipinski definition) is 15. The Morgan fingerprint density at radius 3 is 1.46 bits per heavy atom. The molecule has 11 atom stereocenters. The van der Waals surface area contributed by atoms with Crippen LogP contribution < -0.4 is 0 Å². The number of unbranched alkanes of at least 4 members (excludes halogenated alkanes) is 18. The largest absolute Gasteiger partial charge is 0.462 e. The number of aliphatic hydroxyl groups is 7. The smallest absolute Gasteiger partial charge is 0.306 e. The van der Waals surface area contributed by atoms with Gasteiger partial charge in [-0.2, -0.15) is 0 Å². The van der Waals surface area contributed by atoms with Crippen molar-refractivity contribution < 1.29 is 73.8 Å². The van der Waals surface area contributed by atoms with Gasteiger partial charge in [0.15, 0.2) is 18.7 Å². The van der Waals surface area contributed by atoms with Gasteiger partial charge in [-0.05, 0) is 57.8 Å². The Morgan fingerprint density at radius 1 is 0.471 bits per heavy atom. The second-order valence-electron chi connectivity index (χ2n) is 18.3.